The van der Waals surface area contributed by atoms with Crippen LogP contribution in [-0.4, -0.2) is 51.3 Å². The first-order valence-electron chi connectivity index (χ1n) is 15.5. The number of hydrogen-bond acceptors (Lipinski definition) is 4. The van der Waals surface area contributed by atoms with Gasteiger partial charge in [0.15, 0.2) is 0 Å². The van der Waals surface area contributed by atoms with Gasteiger partial charge in [-0.25, -0.2) is 13.6 Å². The predicted molar refractivity (Wildman–Crippen MR) is 166 cm³/mol. The lowest BCUT2D eigenvalue weighted by molar-refractivity contribution is -0.0544. The fourth-order valence-electron chi connectivity index (χ4n) is 6.23. The van der Waals surface area contributed by atoms with Crippen LogP contribution < -0.4 is 0 Å². The number of piperidine rings is 1. The molecule has 0 saturated carbocycles. The Morgan fingerprint density at radius 1 is 0.953 bits per heavy atom. The van der Waals surface area contributed by atoms with Crippen LogP contribution in [0.4, 0.5) is 13.6 Å². The Morgan fingerprint density at radius 2 is 1.51 bits per heavy atom. The molecule has 0 aliphatic carbocycles. The molecule has 1 aliphatic heterocycles. The van der Waals surface area contributed by atoms with Crippen molar-refractivity contribution in [2.75, 3.05) is 6.54 Å². The molecule has 5 nitrogen and oxygen atoms in total. The van der Waals surface area contributed by atoms with Gasteiger partial charge >= 0.3 is 6.09 Å². The first kappa shape index (κ1) is 32.6. The Balaban J connectivity index is 1.76. The van der Waals surface area contributed by atoms with Gasteiger partial charge in [-0.2, -0.15) is 0 Å². The Morgan fingerprint density at radius 3 is 2.02 bits per heavy atom. The van der Waals surface area contributed by atoms with Crippen molar-refractivity contribution >= 4 is 6.09 Å². The molecule has 1 aliphatic rings. The summed E-state index contributed by atoms with van der Waals surface area (Å²) in [6.07, 6.45) is 2.24. The average molecular weight is 593 g/mol. The molecule has 0 radical (unpaired) electrons. The molecule has 1 saturated heterocycles. The molecule has 4 rings (SSSR count). The van der Waals surface area contributed by atoms with Gasteiger partial charge in [0.25, 0.3) is 0 Å². The highest BCUT2D eigenvalue weighted by Crippen LogP contribution is 2.33. The highest BCUT2D eigenvalue weighted by Gasteiger charge is 2.42. The SMILES string of the molecule is CCCC1CCN(C(=O)OC(C)(C)C)C(C(O)C(Cc2cc(F)cc(F)c2)N(Cc2ccccc2)Cc2ccccc2)C1. The quantitative estimate of drug-likeness (QED) is 0.247. The van der Waals surface area contributed by atoms with Gasteiger partial charge in [0.2, 0.25) is 0 Å². The van der Waals surface area contributed by atoms with Gasteiger partial charge in [0.1, 0.15) is 17.2 Å². The van der Waals surface area contributed by atoms with E-state index in [1.165, 1.54) is 12.1 Å². The molecule has 4 unspecified atom stereocenters. The lowest BCUT2D eigenvalue weighted by Crippen LogP contribution is -2.59. The molecule has 43 heavy (non-hydrogen) atoms. The monoisotopic (exact) mass is 592 g/mol. The second-order valence-corrected chi connectivity index (χ2v) is 12.8. The molecule has 1 amide bonds. The van der Waals surface area contributed by atoms with E-state index in [0.717, 1.165) is 36.5 Å². The standard InChI is InChI=1S/C36H46F2N2O3/c1-5-12-26-17-18-40(35(42)43-36(2,3)4)33(21-26)34(41)32(22-29-19-30(37)23-31(38)20-29)39(24-27-13-8-6-9-14-27)25-28-15-10-7-11-16-28/h6-11,13-16,19-20,23,26,32-34,41H,5,12,17-18,21-22,24-25H2,1-4H3. The number of hydrogen-bond donors (Lipinski definition) is 1. The van der Waals surface area contributed by atoms with Crippen molar-refractivity contribution in [2.24, 2.45) is 5.92 Å². The van der Waals surface area contributed by atoms with Crippen molar-refractivity contribution in [2.45, 2.75) is 96.7 Å². The molecule has 0 aromatic heterocycles. The summed E-state index contributed by atoms with van der Waals surface area (Å²) in [5.74, 6) is -0.957. The highest BCUT2D eigenvalue weighted by molar-refractivity contribution is 5.68. The number of benzene rings is 3. The van der Waals surface area contributed by atoms with Crippen LogP contribution in [-0.2, 0) is 24.2 Å². The third-order valence-electron chi connectivity index (χ3n) is 8.16. The van der Waals surface area contributed by atoms with E-state index in [9.17, 15) is 18.7 Å². The zero-order chi connectivity index (χ0) is 31.0. The molecule has 7 heteroatoms. The lowest BCUT2D eigenvalue weighted by Gasteiger charge is -2.46. The van der Waals surface area contributed by atoms with Crippen molar-refractivity contribution in [3.05, 3.63) is 107 Å². The first-order valence-corrected chi connectivity index (χ1v) is 15.5. The zero-order valence-electron chi connectivity index (χ0n) is 25.9. The van der Waals surface area contributed by atoms with Gasteiger partial charge in [0.05, 0.1) is 12.1 Å². The number of likely N-dealkylation sites (tertiary alicyclic amines) is 1. The van der Waals surface area contributed by atoms with E-state index in [1.807, 2.05) is 81.4 Å². The minimum atomic E-state index is -1.01. The van der Waals surface area contributed by atoms with Crippen LogP contribution in [0, 0.1) is 17.6 Å². The third-order valence-corrected chi connectivity index (χ3v) is 8.16. The van der Waals surface area contributed by atoms with Gasteiger partial charge in [-0.05, 0) is 74.8 Å². The summed E-state index contributed by atoms with van der Waals surface area (Å²) in [5.41, 5.74) is 1.88. The van der Waals surface area contributed by atoms with E-state index < -0.39 is 41.5 Å². The summed E-state index contributed by atoms with van der Waals surface area (Å²) in [4.78, 5) is 17.4. The lowest BCUT2D eigenvalue weighted by atomic mass is 9.82. The molecule has 1 heterocycles. The van der Waals surface area contributed by atoms with Crippen LogP contribution in [0.3, 0.4) is 0 Å². The molecule has 232 valence electrons. The summed E-state index contributed by atoms with van der Waals surface area (Å²) < 4.78 is 34.6. The van der Waals surface area contributed by atoms with E-state index in [4.69, 9.17) is 4.74 Å². The van der Waals surface area contributed by atoms with E-state index in [-0.39, 0.29) is 6.42 Å². The normalized spacial score (nSPS) is 18.8. The maximum absolute atomic E-state index is 14.4. The Kier molecular flexibility index (Phi) is 11.3. The number of aliphatic hydroxyl groups is 1. The van der Waals surface area contributed by atoms with E-state index in [0.29, 0.717) is 37.5 Å². The van der Waals surface area contributed by atoms with Crippen LogP contribution in [0.15, 0.2) is 78.9 Å². The van der Waals surface area contributed by atoms with Gasteiger partial charge in [-0.3, -0.25) is 4.90 Å². The molecule has 1 N–H and O–H groups in total. The van der Waals surface area contributed by atoms with Crippen LogP contribution >= 0.6 is 0 Å². The summed E-state index contributed by atoms with van der Waals surface area (Å²) in [6.45, 7) is 9.16. The fourth-order valence-corrected chi connectivity index (χ4v) is 6.23. The number of halogens is 2. The highest BCUT2D eigenvalue weighted by atomic mass is 19.1. The van der Waals surface area contributed by atoms with Crippen LogP contribution in [0.1, 0.15) is 70.1 Å². The first-order chi connectivity index (χ1) is 20.5. The Bertz CT molecular complexity index is 1240. The van der Waals surface area contributed by atoms with Crippen LogP contribution in [0.5, 0.6) is 0 Å². The van der Waals surface area contributed by atoms with E-state index in [2.05, 4.69) is 11.8 Å². The topological polar surface area (TPSA) is 53.0 Å². The van der Waals surface area contributed by atoms with Crippen molar-refractivity contribution < 1.29 is 23.4 Å². The smallest absolute Gasteiger partial charge is 0.410 e. The minimum Gasteiger partial charge on any atom is -0.444 e. The van der Waals surface area contributed by atoms with Gasteiger partial charge in [0, 0.05) is 31.7 Å². The second-order valence-electron chi connectivity index (χ2n) is 12.8. The molecule has 1 fully saturated rings. The maximum Gasteiger partial charge on any atom is 0.410 e. The summed E-state index contributed by atoms with van der Waals surface area (Å²) in [7, 11) is 0. The minimum absolute atomic E-state index is 0.201. The number of ether oxygens (including phenoxy) is 1. The van der Waals surface area contributed by atoms with Gasteiger partial charge < -0.3 is 14.7 Å². The van der Waals surface area contributed by atoms with Gasteiger partial charge in [-0.15, -0.1) is 0 Å². The van der Waals surface area contributed by atoms with Crippen LogP contribution in [0.25, 0.3) is 0 Å². The molecular formula is C36H46F2N2O3. The van der Waals surface area contributed by atoms with E-state index in [1.54, 1.807) is 4.90 Å². The number of carbonyl (C=O) groups excluding carboxylic acids is 1. The summed E-state index contributed by atoms with van der Waals surface area (Å²) in [6, 6.07) is 22.4. The maximum atomic E-state index is 14.4. The number of amides is 1. The number of aliphatic hydroxyl groups excluding tert-OH is 1. The van der Waals surface area contributed by atoms with Crippen molar-refractivity contribution in [3.8, 4) is 0 Å². The predicted octanol–water partition coefficient (Wildman–Crippen LogP) is 7.76. The van der Waals surface area contributed by atoms with E-state index >= 15 is 0 Å². The molecule has 0 bridgehead atoms. The Hall–Kier alpha value is -3.29. The Labute approximate surface area is 255 Å². The fraction of sp³-hybridized carbons (Fsp3) is 0.472. The van der Waals surface area contributed by atoms with Gasteiger partial charge in [-0.1, -0.05) is 80.4 Å². The van der Waals surface area contributed by atoms with Crippen molar-refractivity contribution in [1.82, 2.24) is 9.80 Å². The average Bonchev–Trinajstić information content (AvgIpc) is 2.95. The van der Waals surface area contributed by atoms with Crippen molar-refractivity contribution in [1.29, 1.82) is 0 Å². The summed E-state index contributed by atoms with van der Waals surface area (Å²) >= 11 is 0. The zero-order valence-corrected chi connectivity index (χ0v) is 25.9. The number of rotatable bonds is 11. The number of carbonyl (C=O) groups is 1. The molecule has 3 aromatic carbocycles. The third kappa shape index (κ3) is 9.60. The van der Waals surface area contributed by atoms with Crippen molar-refractivity contribution in [3.63, 3.8) is 0 Å². The molecule has 0 spiro atoms. The second kappa shape index (κ2) is 14.9. The molecular weight excluding hydrogens is 546 g/mol. The molecule has 3 aromatic rings. The number of nitrogens with zero attached hydrogens (tertiary/aromatic N) is 2. The summed E-state index contributed by atoms with van der Waals surface area (Å²) in [5, 5.41) is 12.4. The molecule has 4 atom stereocenters. The van der Waals surface area contributed by atoms with Crippen LogP contribution in [0.2, 0.25) is 0 Å². The largest absolute Gasteiger partial charge is 0.444 e.